The zero-order chi connectivity index (χ0) is 29.1. The van der Waals surface area contributed by atoms with E-state index in [1.54, 1.807) is 47.9 Å². The van der Waals surface area contributed by atoms with Crippen LogP contribution in [0.1, 0.15) is 36.0 Å². The largest absolute Gasteiger partial charge is 0.453 e. The fourth-order valence-corrected chi connectivity index (χ4v) is 6.13. The predicted octanol–water partition coefficient (Wildman–Crippen LogP) is 8.40. The van der Waals surface area contributed by atoms with Gasteiger partial charge in [-0.25, -0.2) is 8.78 Å². The minimum atomic E-state index is -0.509. The van der Waals surface area contributed by atoms with Gasteiger partial charge < -0.3 is 10.1 Å². The number of ketones is 1. The standard InChI is InChI=1S/C34H28F2N2O2S2/c35-25-8-3-21(4-9-25)15-27(39)18-28(41)16-23-5-12-31(29(36)17-23)40-32-13-14-37-30-19-33(42-34(30)32)24-6-1-22(2-7-24)20-38-26-10-11-26/h1-9,12-14,17,19,26,38H,10-11,15-16,18,20H2. The number of ether oxygens (including phenoxy) is 1. The van der Waals surface area contributed by atoms with Crippen LogP contribution in [0.15, 0.2) is 85.1 Å². The molecule has 0 saturated heterocycles. The van der Waals surface area contributed by atoms with E-state index in [4.69, 9.17) is 17.0 Å². The number of carbonyl (C=O) groups is 1. The maximum Gasteiger partial charge on any atom is 0.166 e. The number of nitrogens with one attached hydrogen (secondary N) is 1. The average molecular weight is 599 g/mol. The van der Waals surface area contributed by atoms with Crippen molar-refractivity contribution < 1.29 is 18.3 Å². The number of thiophene rings is 1. The van der Waals surface area contributed by atoms with Gasteiger partial charge in [0.1, 0.15) is 17.3 Å². The summed E-state index contributed by atoms with van der Waals surface area (Å²) in [7, 11) is 0. The highest BCUT2D eigenvalue weighted by atomic mass is 32.1. The number of aromatic nitrogens is 1. The molecule has 0 unspecified atom stereocenters. The van der Waals surface area contributed by atoms with Crippen molar-refractivity contribution in [2.75, 3.05) is 0 Å². The molecule has 2 heterocycles. The normalized spacial score (nSPS) is 12.9. The minimum Gasteiger partial charge on any atom is -0.453 e. The first-order chi connectivity index (χ1) is 20.4. The van der Waals surface area contributed by atoms with Crippen molar-refractivity contribution in [1.29, 1.82) is 0 Å². The lowest BCUT2D eigenvalue weighted by Crippen LogP contribution is -2.14. The molecule has 1 saturated carbocycles. The van der Waals surface area contributed by atoms with E-state index in [0.717, 1.165) is 32.8 Å². The second kappa shape index (κ2) is 12.6. The number of halogens is 2. The first kappa shape index (κ1) is 28.3. The Morgan fingerprint density at radius 3 is 2.38 bits per heavy atom. The molecule has 1 aliphatic carbocycles. The third-order valence-electron chi connectivity index (χ3n) is 7.11. The van der Waals surface area contributed by atoms with Gasteiger partial charge >= 0.3 is 0 Å². The smallest absolute Gasteiger partial charge is 0.166 e. The Morgan fingerprint density at radius 2 is 1.64 bits per heavy atom. The summed E-state index contributed by atoms with van der Waals surface area (Å²) in [6, 6.07) is 23.5. The molecule has 0 atom stereocenters. The average Bonchev–Trinajstić information content (AvgIpc) is 3.70. The van der Waals surface area contributed by atoms with E-state index >= 15 is 4.39 Å². The third kappa shape index (κ3) is 7.13. The number of benzene rings is 3. The van der Waals surface area contributed by atoms with E-state index in [-0.39, 0.29) is 30.2 Å². The summed E-state index contributed by atoms with van der Waals surface area (Å²) in [5, 5.41) is 3.53. The molecule has 0 amide bonds. The number of hydrogen-bond acceptors (Lipinski definition) is 6. The number of thiocarbonyl (C=S) groups is 1. The van der Waals surface area contributed by atoms with Crippen molar-refractivity contribution >= 4 is 44.4 Å². The van der Waals surface area contributed by atoms with Crippen LogP contribution in [-0.4, -0.2) is 21.7 Å². The van der Waals surface area contributed by atoms with Crippen molar-refractivity contribution in [3.63, 3.8) is 0 Å². The summed E-state index contributed by atoms with van der Waals surface area (Å²) >= 11 is 6.98. The Hall–Kier alpha value is -3.85. The van der Waals surface area contributed by atoms with Crippen molar-refractivity contribution in [2.45, 2.75) is 44.7 Å². The lowest BCUT2D eigenvalue weighted by Gasteiger charge is -2.10. The molecule has 6 rings (SSSR count). The van der Waals surface area contributed by atoms with Gasteiger partial charge in [-0.3, -0.25) is 9.78 Å². The first-order valence-corrected chi connectivity index (χ1v) is 15.1. The molecule has 2 aromatic heterocycles. The molecule has 5 aromatic rings. The van der Waals surface area contributed by atoms with E-state index in [2.05, 4.69) is 34.6 Å². The van der Waals surface area contributed by atoms with Crippen LogP contribution in [0.5, 0.6) is 11.5 Å². The lowest BCUT2D eigenvalue weighted by molar-refractivity contribution is -0.117. The summed E-state index contributed by atoms with van der Waals surface area (Å²) in [4.78, 5) is 18.5. The summed E-state index contributed by atoms with van der Waals surface area (Å²) in [5.74, 6) is -0.278. The molecule has 1 aliphatic rings. The van der Waals surface area contributed by atoms with Gasteiger partial charge in [0.05, 0.1) is 10.2 Å². The zero-order valence-corrected chi connectivity index (χ0v) is 24.4. The molecule has 212 valence electrons. The van der Waals surface area contributed by atoms with Crippen LogP contribution >= 0.6 is 23.6 Å². The van der Waals surface area contributed by atoms with E-state index < -0.39 is 5.82 Å². The Balaban J connectivity index is 1.10. The van der Waals surface area contributed by atoms with Gasteiger partial charge in [-0.2, -0.15) is 0 Å². The Bertz CT molecular complexity index is 1750. The number of fused-ring (bicyclic) bond motifs is 1. The molecule has 0 bridgehead atoms. The van der Waals surface area contributed by atoms with E-state index in [1.807, 2.05) is 6.07 Å². The maximum absolute atomic E-state index is 15.1. The van der Waals surface area contributed by atoms with Crippen LogP contribution in [0.3, 0.4) is 0 Å². The minimum absolute atomic E-state index is 0.0643. The zero-order valence-electron chi connectivity index (χ0n) is 22.7. The van der Waals surface area contributed by atoms with Gasteiger partial charge in [-0.15, -0.1) is 11.3 Å². The van der Waals surface area contributed by atoms with E-state index in [0.29, 0.717) is 28.6 Å². The molecule has 1 N–H and O–H groups in total. The molecule has 0 radical (unpaired) electrons. The quantitative estimate of drug-likeness (QED) is 0.146. The van der Waals surface area contributed by atoms with Gasteiger partial charge in [0.15, 0.2) is 11.6 Å². The number of Topliss-reactive ketones (excluding diaryl/α,β-unsaturated/α-hetero) is 1. The van der Waals surface area contributed by atoms with Crippen molar-refractivity contribution in [2.24, 2.45) is 0 Å². The predicted molar refractivity (Wildman–Crippen MR) is 167 cm³/mol. The van der Waals surface area contributed by atoms with Crippen molar-refractivity contribution in [1.82, 2.24) is 10.3 Å². The van der Waals surface area contributed by atoms with E-state index in [1.165, 1.54) is 36.6 Å². The van der Waals surface area contributed by atoms with Crippen molar-refractivity contribution in [3.05, 3.63) is 113 Å². The number of pyridine rings is 1. The molecule has 4 nitrogen and oxygen atoms in total. The van der Waals surface area contributed by atoms with Gasteiger partial charge in [-0.1, -0.05) is 54.7 Å². The fourth-order valence-electron chi connectivity index (χ4n) is 4.73. The Labute approximate surface area is 252 Å². The van der Waals surface area contributed by atoms with Crippen LogP contribution in [0.2, 0.25) is 0 Å². The molecular weight excluding hydrogens is 571 g/mol. The first-order valence-electron chi connectivity index (χ1n) is 13.8. The highest BCUT2D eigenvalue weighted by Gasteiger charge is 2.20. The molecule has 8 heteroatoms. The molecule has 3 aromatic carbocycles. The summed E-state index contributed by atoms with van der Waals surface area (Å²) in [6.07, 6.45) is 4.77. The van der Waals surface area contributed by atoms with Gasteiger partial charge in [-0.05, 0) is 65.4 Å². The van der Waals surface area contributed by atoms with Gasteiger partial charge in [0.2, 0.25) is 0 Å². The van der Waals surface area contributed by atoms with Crippen LogP contribution in [0.4, 0.5) is 8.78 Å². The number of hydrogen-bond donors (Lipinski definition) is 1. The summed E-state index contributed by atoms with van der Waals surface area (Å²) < 4.78 is 35.1. The van der Waals surface area contributed by atoms with Crippen LogP contribution in [-0.2, 0) is 24.2 Å². The molecule has 0 aliphatic heterocycles. The van der Waals surface area contributed by atoms with Crippen molar-refractivity contribution in [3.8, 4) is 21.9 Å². The highest BCUT2D eigenvalue weighted by molar-refractivity contribution is 7.80. The highest BCUT2D eigenvalue weighted by Crippen LogP contribution is 2.39. The second-order valence-electron chi connectivity index (χ2n) is 10.6. The number of rotatable bonds is 12. The molecular formula is C34H28F2N2O2S2. The SMILES string of the molecule is O=C(CC(=S)Cc1ccc(Oc2ccnc3cc(-c4ccc(CNC5CC5)cc4)sc23)c(F)c1)Cc1ccc(F)cc1. The Kier molecular flexibility index (Phi) is 8.46. The fraction of sp³-hybridized carbons (Fsp3) is 0.206. The molecule has 0 spiro atoms. The Morgan fingerprint density at radius 1 is 0.905 bits per heavy atom. The lowest BCUT2D eigenvalue weighted by atomic mass is 10.0. The van der Waals surface area contributed by atoms with E-state index in [9.17, 15) is 9.18 Å². The van der Waals surface area contributed by atoms with Crippen LogP contribution < -0.4 is 10.1 Å². The summed E-state index contributed by atoms with van der Waals surface area (Å²) in [5.41, 5.74) is 4.54. The topological polar surface area (TPSA) is 51.2 Å². The van der Waals surface area contributed by atoms with Crippen LogP contribution in [0.25, 0.3) is 20.7 Å². The monoisotopic (exact) mass is 598 g/mol. The van der Waals surface area contributed by atoms with Gasteiger partial charge in [0, 0.05) is 53.9 Å². The maximum atomic E-state index is 15.1. The number of nitrogens with zero attached hydrogens (tertiary/aromatic N) is 1. The third-order valence-corrected chi connectivity index (χ3v) is 8.59. The molecule has 42 heavy (non-hydrogen) atoms. The summed E-state index contributed by atoms with van der Waals surface area (Å²) in [6.45, 7) is 0.878. The van der Waals surface area contributed by atoms with Crippen LogP contribution in [0, 0.1) is 11.6 Å². The van der Waals surface area contributed by atoms with Gasteiger partial charge in [0.25, 0.3) is 0 Å². The second-order valence-corrected chi connectivity index (χ2v) is 12.2. The molecule has 1 fully saturated rings. The number of carbonyl (C=O) groups excluding carboxylic acids is 1.